The van der Waals surface area contributed by atoms with Crippen LogP contribution in [-0.2, 0) is 18.8 Å². The van der Waals surface area contributed by atoms with Gasteiger partial charge in [0, 0.05) is 11.6 Å². The highest BCUT2D eigenvalue weighted by atomic mass is 16.7. The highest BCUT2D eigenvalue weighted by molar-refractivity contribution is 6.62. The summed E-state index contributed by atoms with van der Waals surface area (Å²) in [5.74, 6) is -1.80. The summed E-state index contributed by atoms with van der Waals surface area (Å²) < 4.78 is 17.5. The van der Waals surface area contributed by atoms with Gasteiger partial charge in [0.05, 0.1) is 11.2 Å². The zero-order valence-corrected chi connectivity index (χ0v) is 21.5. The van der Waals surface area contributed by atoms with Gasteiger partial charge in [-0.15, -0.1) is 0 Å². The molecule has 4 N–H and O–H groups in total. The quantitative estimate of drug-likeness (QED) is 0.451. The number of carboxylic acid groups (broad SMARTS) is 1. The number of hydrogen-bond acceptors (Lipinski definition) is 6. The van der Waals surface area contributed by atoms with E-state index in [0.717, 1.165) is 5.46 Å². The van der Waals surface area contributed by atoms with Gasteiger partial charge in [-0.1, -0.05) is 32.9 Å². The van der Waals surface area contributed by atoms with Crippen molar-refractivity contribution >= 4 is 30.3 Å². The Hall–Kier alpha value is -2.26. The van der Waals surface area contributed by atoms with Crippen LogP contribution in [0.25, 0.3) is 0 Å². The molecular formula is C24H39BN2O6. The van der Waals surface area contributed by atoms with E-state index in [0.29, 0.717) is 11.3 Å². The average Bonchev–Trinajstić information content (AvgIpc) is 2.80. The van der Waals surface area contributed by atoms with Crippen molar-refractivity contribution < 1.29 is 28.7 Å². The molecule has 1 fully saturated rings. The van der Waals surface area contributed by atoms with Gasteiger partial charge < -0.3 is 30.2 Å². The molecule has 8 nitrogen and oxygen atoms in total. The molecule has 9 heteroatoms. The van der Waals surface area contributed by atoms with Crippen LogP contribution in [0.5, 0.6) is 0 Å². The Kier molecular flexibility index (Phi) is 7.23. The van der Waals surface area contributed by atoms with E-state index in [1.807, 2.05) is 54.5 Å². The average molecular weight is 462 g/mol. The molecular weight excluding hydrogens is 423 g/mol. The molecule has 1 aliphatic rings. The molecule has 1 amide bonds. The van der Waals surface area contributed by atoms with Gasteiger partial charge in [0.25, 0.3) is 0 Å². The lowest BCUT2D eigenvalue weighted by atomic mass is 9.70. The second-order valence-corrected chi connectivity index (χ2v) is 11.8. The zero-order chi connectivity index (χ0) is 25.6. The fraction of sp³-hybridized carbons (Fsp3) is 0.667. The van der Waals surface area contributed by atoms with Crippen molar-refractivity contribution in [3.63, 3.8) is 0 Å². The SMILES string of the molecule is CC(C)(C)OC(=O)NC(C(=O)O)C(c1ccc(B2OC(C)(C)C(C)(C)O2)cc1N)C(C)(C)C. The van der Waals surface area contributed by atoms with Gasteiger partial charge in [0.1, 0.15) is 11.6 Å². The number of carboxylic acids is 1. The fourth-order valence-corrected chi connectivity index (χ4v) is 3.87. The fourth-order valence-electron chi connectivity index (χ4n) is 3.87. The molecule has 1 aromatic rings. The maximum atomic E-state index is 12.4. The van der Waals surface area contributed by atoms with Gasteiger partial charge in [0.2, 0.25) is 0 Å². The second kappa shape index (κ2) is 8.83. The number of amides is 1. The van der Waals surface area contributed by atoms with Crippen molar-refractivity contribution in [1.29, 1.82) is 0 Å². The van der Waals surface area contributed by atoms with Crippen molar-refractivity contribution in [1.82, 2.24) is 5.32 Å². The van der Waals surface area contributed by atoms with Crippen LogP contribution >= 0.6 is 0 Å². The Morgan fingerprint density at radius 2 is 1.58 bits per heavy atom. The first-order chi connectivity index (χ1) is 14.7. The monoisotopic (exact) mass is 462 g/mol. The number of carbonyl (C=O) groups excluding carboxylic acids is 1. The van der Waals surface area contributed by atoms with Crippen molar-refractivity contribution in [3.05, 3.63) is 23.8 Å². The first-order valence-corrected chi connectivity index (χ1v) is 11.2. The molecule has 33 heavy (non-hydrogen) atoms. The lowest BCUT2D eigenvalue weighted by molar-refractivity contribution is -0.141. The number of aliphatic carboxylic acids is 1. The van der Waals surface area contributed by atoms with Crippen LogP contribution in [-0.4, -0.2) is 47.1 Å². The smallest absolute Gasteiger partial charge is 0.480 e. The molecule has 0 radical (unpaired) electrons. The number of carbonyl (C=O) groups is 2. The Bertz CT molecular complexity index is 885. The van der Waals surface area contributed by atoms with Gasteiger partial charge in [-0.25, -0.2) is 9.59 Å². The van der Waals surface area contributed by atoms with E-state index in [-0.39, 0.29) is 0 Å². The predicted octanol–water partition coefficient (Wildman–Crippen LogP) is 3.68. The Balaban J connectivity index is 2.42. The zero-order valence-electron chi connectivity index (χ0n) is 21.5. The molecule has 1 aliphatic heterocycles. The van der Waals surface area contributed by atoms with Crippen LogP contribution in [0, 0.1) is 5.41 Å². The summed E-state index contributed by atoms with van der Waals surface area (Å²) in [4.78, 5) is 24.7. The van der Waals surface area contributed by atoms with Crippen molar-refractivity contribution in [2.45, 2.75) is 98.0 Å². The first-order valence-electron chi connectivity index (χ1n) is 11.2. The molecule has 0 bridgehead atoms. The molecule has 0 aromatic heterocycles. The van der Waals surface area contributed by atoms with Crippen LogP contribution < -0.4 is 16.5 Å². The topological polar surface area (TPSA) is 120 Å². The molecule has 184 valence electrons. The Morgan fingerprint density at radius 3 is 1.97 bits per heavy atom. The first kappa shape index (κ1) is 27.0. The minimum atomic E-state index is -1.25. The highest BCUT2D eigenvalue weighted by Gasteiger charge is 2.52. The number of anilines is 1. The lowest BCUT2D eigenvalue weighted by Gasteiger charge is -2.37. The van der Waals surface area contributed by atoms with E-state index in [1.54, 1.807) is 32.9 Å². The summed E-state index contributed by atoms with van der Waals surface area (Å²) in [6, 6.07) is 4.13. The molecule has 0 spiro atoms. The number of nitrogens with two attached hydrogens (primary N) is 1. The van der Waals surface area contributed by atoms with E-state index in [1.165, 1.54) is 0 Å². The number of benzene rings is 1. The van der Waals surface area contributed by atoms with Gasteiger partial charge in [-0.2, -0.15) is 0 Å². The van der Waals surface area contributed by atoms with Gasteiger partial charge in [-0.3, -0.25) is 0 Å². The van der Waals surface area contributed by atoms with Crippen molar-refractivity contribution in [2.75, 3.05) is 5.73 Å². The highest BCUT2D eigenvalue weighted by Crippen LogP contribution is 2.41. The minimum Gasteiger partial charge on any atom is -0.480 e. The number of ether oxygens (including phenoxy) is 1. The summed E-state index contributed by atoms with van der Waals surface area (Å²) in [6.45, 7) is 18.8. The Labute approximate surface area is 197 Å². The van der Waals surface area contributed by atoms with Crippen LogP contribution in [0.3, 0.4) is 0 Å². The molecule has 1 heterocycles. The van der Waals surface area contributed by atoms with Crippen LogP contribution in [0.15, 0.2) is 18.2 Å². The van der Waals surface area contributed by atoms with E-state index in [9.17, 15) is 14.7 Å². The molecule has 1 saturated heterocycles. The van der Waals surface area contributed by atoms with Gasteiger partial charge >= 0.3 is 19.2 Å². The summed E-state index contributed by atoms with van der Waals surface area (Å²) >= 11 is 0. The third-order valence-corrected chi connectivity index (χ3v) is 6.18. The van der Waals surface area contributed by atoms with E-state index < -0.39 is 53.4 Å². The van der Waals surface area contributed by atoms with Gasteiger partial charge in [0.15, 0.2) is 0 Å². The second-order valence-electron chi connectivity index (χ2n) is 11.8. The summed E-state index contributed by atoms with van der Waals surface area (Å²) in [7, 11) is -0.588. The standard InChI is InChI=1S/C24H39BN2O6/c1-21(2,3)17(18(19(28)29)27-20(30)31-22(4,5)6)15-12-11-14(13-16(15)26)25-32-23(7,8)24(9,10)33-25/h11-13,17-18H,26H2,1-10H3,(H,27,30)(H,28,29). The van der Waals surface area contributed by atoms with Crippen LogP contribution in [0.2, 0.25) is 0 Å². The lowest BCUT2D eigenvalue weighted by Crippen LogP contribution is -2.50. The van der Waals surface area contributed by atoms with E-state index in [4.69, 9.17) is 19.8 Å². The number of nitrogen functional groups attached to an aromatic ring is 1. The molecule has 2 rings (SSSR count). The van der Waals surface area contributed by atoms with Crippen molar-refractivity contribution in [3.8, 4) is 0 Å². The molecule has 2 atom stereocenters. The summed E-state index contributed by atoms with van der Waals surface area (Å²) in [5.41, 5.74) is 5.92. The third-order valence-electron chi connectivity index (χ3n) is 6.18. The maximum Gasteiger partial charge on any atom is 0.494 e. The number of rotatable bonds is 5. The Morgan fingerprint density at radius 1 is 1.06 bits per heavy atom. The van der Waals surface area contributed by atoms with Gasteiger partial charge in [-0.05, 0) is 71.0 Å². The number of alkyl carbamates (subject to hydrolysis) is 1. The van der Waals surface area contributed by atoms with E-state index in [2.05, 4.69) is 5.32 Å². The summed E-state index contributed by atoms with van der Waals surface area (Å²) in [6.07, 6.45) is -0.795. The predicted molar refractivity (Wildman–Crippen MR) is 130 cm³/mol. The normalized spacial score (nSPS) is 19.6. The van der Waals surface area contributed by atoms with Crippen LogP contribution in [0.1, 0.15) is 80.7 Å². The molecule has 2 unspecified atom stereocenters. The van der Waals surface area contributed by atoms with E-state index >= 15 is 0 Å². The van der Waals surface area contributed by atoms with Crippen molar-refractivity contribution in [2.24, 2.45) is 5.41 Å². The minimum absolute atomic E-state index is 0.402. The molecule has 0 saturated carbocycles. The summed E-state index contributed by atoms with van der Waals surface area (Å²) in [5, 5.41) is 12.5. The largest absolute Gasteiger partial charge is 0.494 e. The number of hydrogen-bond donors (Lipinski definition) is 3. The van der Waals surface area contributed by atoms with Crippen LogP contribution in [0.4, 0.5) is 10.5 Å². The maximum absolute atomic E-state index is 12.4. The third kappa shape index (κ3) is 6.21. The molecule has 1 aromatic carbocycles. The number of nitrogens with one attached hydrogen (secondary N) is 1. The molecule has 0 aliphatic carbocycles.